The summed E-state index contributed by atoms with van der Waals surface area (Å²) in [5.74, 6) is 0.820. The van der Waals surface area contributed by atoms with E-state index < -0.39 is 0 Å². The minimum absolute atomic E-state index is 0.692. The summed E-state index contributed by atoms with van der Waals surface area (Å²) in [7, 11) is 0. The van der Waals surface area contributed by atoms with E-state index >= 15 is 0 Å². The number of nitrogens with zero attached hydrogens (tertiary/aromatic N) is 4. The fourth-order valence-electron chi connectivity index (χ4n) is 3.59. The first-order valence-corrected chi connectivity index (χ1v) is 10.7. The van der Waals surface area contributed by atoms with Gasteiger partial charge < -0.3 is 0 Å². The quantitative estimate of drug-likeness (QED) is 0.441. The molecule has 1 aliphatic rings. The number of thiophene rings is 1. The third kappa shape index (κ3) is 2.31. The predicted octanol–water partition coefficient (Wildman–Crippen LogP) is 5.26. The van der Waals surface area contributed by atoms with Gasteiger partial charge in [0.05, 0.1) is 10.4 Å². The molecule has 126 valence electrons. The first-order chi connectivity index (χ1) is 12.3. The van der Waals surface area contributed by atoms with Crippen molar-refractivity contribution in [2.75, 3.05) is 6.26 Å². The fraction of sp³-hybridized carbons (Fsp3) is 0.278. The van der Waals surface area contributed by atoms with Crippen LogP contribution in [0.15, 0.2) is 29.4 Å². The Morgan fingerprint density at radius 3 is 2.84 bits per heavy atom. The number of hydrogen-bond donors (Lipinski definition) is 0. The molecule has 0 saturated carbocycles. The van der Waals surface area contributed by atoms with E-state index in [9.17, 15) is 0 Å². The highest BCUT2D eigenvalue weighted by atomic mass is 35.5. The van der Waals surface area contributed by atoms with Crippen LogP contribution in [0.5, 0.6) is 0 Å². The van der Waals surface area contributed by atoms with Gasteiger partial charge in [-0.1, -0.05) is 35.5 Å². The average molecular weight is 387 g/mol. The molecule has 0 aliphatic heterocycles. The number of benzene rings is 1. The van der Waals surface area contributed by atoms with Crippen molar-refractivity contribution in [1.82, 2.24) is 19.6 Å². The average Bonchev–Trinajstić information content (AvgIpc) is 3.22. The standard InChI is InChI=1S/C18H15ClN4S2/c1-24-18-22-21-16-14-11-7-3-5-9-13(11)25-17(14)20-15(23(16)18)10-6-2-4-8-12(10)19/h2,4,6,8H,3,5,7,9H2,1H3. The maximum atomic E-state index is 6.48. The molecule has 3 aromatic heterocycles. The molecule has 1 aliphatic carbocycles. The van der Waals surface area contributed by atoms with Crippen LogP contribution < -0.4 is 0 Å². The molecule has 25 heavy (non-hydrogen) atoms. The Labute approximate surface area is 158 Å². The van der Waals surface area contributed by atoms with Crippen LogP contribution in [0.3, 0.4) is 0 Å². The molecular formula is C18H15ClN4S2. The zero-order valence-corrected chi connectivity index (χ0v) is 16.0. The zero-order chi connectivity index (χ0) is 17.0. The Bertz CT molecular complexity index is 1120. The molecule has 0 atom stereocenters. The number of aromatic nitrogens is 4. The van der Waals surface area contributed by atoms with Gasteiger partial charge in [0.2, 0.25) is 0 Å². The molecule has 0 N–H and O–H groups in total. The van der Waals surface area contributed by atoms with Crippen LogP contribution in [0.25, 0.3) is 27.3 Å². The van der Waals surface area contributed by atoms with Crippen LogP contribution in [-0.2, 0) is 12.8 Å². The number of halogens is 1. The highest BCUT2D eigenvalue weighted by molar-refractivity contribution is 7.98. The van der Waals surface area contributed by atoms with E-state index in [1.807, 2.05) is 30.5 Å². The molecule has 0 fully saturated rings. The summed E-state index contributed by atoms with van der Waals surface area (Å²) in [6, 6.07) is 7.83. The maximum absolute atomic E-state index is 6.48. The summed E-state index contributed by atoms with van der Waals surface area (Å²) < 4.78 is 2.07. The normalized spacial score (nSPS) is 14.3. The number of aryl methyl sites for hydroxylation is 2. The van der Waals surface area contributed by atoms with Gasteiger partial charge in [-0.2, -0.15) is 0 Å². The second-order valence-corrected chi connectivity index (χ2v) is 8.42. The summed E-state index contributed by atoms with van der Waals surface area (Å²) in [6.45, 7) is 0. The number of rotatable bonds is 2. The Morgan fingerprint density at radius 1 is 1.16 bits per heavy atom. The molecular weight excluding hydrogens is 372 g/mol. The summed E-state index contributed by atoms with van der Waals surface area (Å²) in [5.41, 5.74) is 3.25. The molecule has 0 saturated heterocycles. The van der Waals surface area contributed by atoms with Crippen molar-refractivity contribution in [3.05, 3.63) is 39.7 Å². The molecule has 0 unspecified atom stereocenters. The monoisotopic (exact) mass is 386 g/mol. The van der Waals surface area contributed by atoms with E-state index in [4.69, 9.17) is 16.6 Å². The van der Waals surface area contributed by atoms with Gasteiger partial charge in [0.1, 0.15) is 4.83 Å². The van der Waals surface area contributed by atoms with Gasteiger partial charge in [-0.25, -0.2) is 4.98 Å². The molecule has 7 heteroatoms. The van der Waals surface area contributed by atoms with Crippen molar-refractivity contribution in [2.24, 2.45) is 0 Å². The molecule has 0 bridgehead atoms. The summed E-state index contributed by atoms with van der Waals surface area (Å²) >= 11 is 9.86. The molecule has 1 aromatic carbocycles. The third-order valence-electron chi connectivity index (χ3n) is 4.73. The van der Waals surface area contributed by atoms with E-state index in [1.165, 1.54) is 28.7 Å². The van der Waals surface area contributed by atoms with Crippen molar-refractivity contribution < 1.29 is 0 Å². The van der Waals surface area contributed by atoms with E-state index in [0.29, 0.717) is 5.02 Å². The Morgan fingerprint density at radius 2 is 2.00 bits per heavy atom. The Hall–Kier alpha value is -1.63. The molecule has 3 heterocycles. The maximum Gasteiger partial charge on any atom is 0.197 e. The minimum atomic E-state index is 0.692. The van der Waals surface area contributed by atoms with Gasteiger partial charge in [0, 0.05) is 10.4 Å². The van der Waals surface area contributed by atoms with Crippen LogP contribution in [0.2, 0.25) is 5.02 Å². The zero-order valence-electron chi connectivity index (χ0n) is 13.6. The van der Waals surface area contributed by atoms with Gasteiger partial charge >= 0.3 is 0 Å². The fourth-order valence-corrected chi connectivity index (χ4v) is 5.54. The van der Waals surface area contributed by atoms with Gasteiger partial charge in [-0.05, 0) is 49.6 Å². The predicted molar refractivity (Wildman–Crippen MR) is 105 cm³/mol. The van der Waals surface area contributed by atoms with Gasteiger partial charge in [0.15, 0.2) is 16.6 Å². The minimum Gasteiger partial charge on any atom is -0.253 e. The lowest BCUT2D eigenvalue weighted by atomic mass is 9.97. The first kappa shape index (κ1) is 15.6. The lowest BCUT2D eigenvalue weighted by Gasteiger charge is -2.11. The van der Waals surface area contributed by atoms with E-state index in [1.54, 1.807) is 23.1 Å². The van der Waals surface area contributed by atoms with E-state index in [-0.39, 0.29) is 0 Å². The largest absolute Gasteiger partial charge is 0.253 e. The molecule has 0 amide bonds. The summed E-state index contributed by atoms with van der Waals surface area (Å²) in [5, 5.41) is 11.7. The lowest BCUT2D eigenvalue weighted by molar-refractivity contribution is 0.700. The topological polar surface area (TPSA) is 43.1 Å². The Kier molecular flexibility index (Phi) is 3.73. The van der Waals surface area contributed by atoms with Crippen LogP contribution in [0.1, 0.15) is 23.3 Å². The summed E-state index contributed by atoms with van der Waals surface area (Å²) in [6.07, 6.45) is 6.77. The second-order valence-electron chi connectivity index (χ2n) is 6.15. The van der Waals surface area contributed by atoms with Crippen LogP contribution in [0.4, 0.5) is 0 Å². The SMILES string of the molecule is CSc1nnc2c3c4c(sc3nc(-c3ccccc3Cl)n12)CCCC4. The lowest BCUT2D eigenvalue weighted by Crippen LogP contribution is -2.01. The molecule has 0 spiro atoms. The van der Waals surface area contributed by atoms with Gasteiger partial charge in [-0.3, -0.25) is 4.40 Å². The highest BCUT2D eigenvalue weighted by Gasteiger charge is 2.24. The van der Waals surface area contributed by atoms with Crippen LogP contribution in [0, 0.1) is 0 Å². The van der Waals surface area contributed by atoms with Gasteiger partial charge in [-0.15, -0.1) is 21.5 Å². The number of hydrogen-bond acceptors (Lipinski definition) is 5. The van der Waals surface area contributed by atoms with Crippen molar-refractivity contribution >= 4 is 50.6 Å². The number of fused-ring (bicyclic) bond motifs is 5. The first-order valence-electron chi connectivity index (χ1n) is 8.26. The van der Waals surface area contributed by atoms with Crippen molar-refractivity contribution in [3.63, 3.8) is 0 Å². The molecule has 0 radical (unpaired) electrons. The van der Waals surface area contributed by atoms with Crippen molar-refractivity contribution in [2.45, 2.75) is 30.8 Å². The second kappa shape index (κ2) is 5.97. The van der Waals surface area contributed by atoms with Crippen molar-refractivity contribution in [1.29, 1.82) is 0 Å². The van der Waals surface area contributed by atoms with Crippen LogP contribution >= 0.6 is 34.7 Å². The molecule has 4 aromatic rings. The van der Waals surface area contributed by atoms with E-state index in [0.717, 1.165) is 39.9 Å². The van der Waals surface area contributed by atoms with Crippen LogP contribution in [-0.4, -0.2) is 25.8 Å². The highest BCUT2D eigenvalue weighted by Crippen LogP contribution is 2.40. The Balaban J connectivity index is 1.94. The smallest absolute Gasteiger partial charge is 0.197 e. The third-order valence-corrected chi connectivity index (χ3v) is 6.87. The molecule has 4 nitrogen and oxygen atoms in total. The van der Waals surface area contributed by atoms with Gasteiger partial charge in [0.25, 0.3) is 0 Å². The van der Waals surface area contributed by atoms with E-state index in [2.05, 4.69) is 14.6 Å². The summed E-state index contributed by atoms with van der Waals surface area (Å²) in [4.78, 5) is 7.53. The molecule has 5 rings (SSSR count). The number of thioether (sulfide) groups is 1. The van der Waals surface area contributed by atoms with Crippen molar-refractivity contribution in [3.8, 4) is 11.4 Å².